The third-order valence-corrected chi connectivity index (χ3v) is 4.32. The fourth-order valence-corrected chi connectivity index (χ4v) is 2.91. The molecule has 10 heteroatoms. The van der Waals surface area contributed by atoms with Crippen molar-refractivity contribution in [3.05, 3.63) is 46.5 Å². The average Bonchev–Trinajstić information content (AvgIpc) is 2.93. The molecule has 0 bridgehead atoms. The van der Waals surface area contributed by atoms with E-state index in [1.165, 1.54) is 0 Å². The van der Waals surface area contributed by atoms with E-state index in [0.29, 0.717) is 25.7 Å². The summed E-state index contributed by atoms with van der Waals surface area (Å²) in [7, 11) is 0. The predicted molar refractivity (Wildman–Crippen MR) is 90.0 cm³/mol. The third-order valence-electron chi connectivity index (χ3n) is 4.32. The number of halogens is 4. The molecule has 6 nitrogen and oxygen atoms in total. The van der Waals surface area contributed by atoms with Gasteiger partial charge in [-0.05, 0) is 25.0 Å². The van der Waals surface area contributed by atoms with Gasteiger partial charge in [0.05, 0.1) is 24.5 Å². The van der Waals surface area contributed by atoms with Crippen LogP contribution < -0.4 is 5.73 Å². The molecule has 1 amide bonds. The first kappa shape index (κ1) is 20.2. The molecule has 142 valence electrons. The van der Waals surface area contributed by atoms with E-state index in [9.17, 15) is 18.0 Å². The number of aryl methyl sites for hydroxylation is 1. The van der Waals surface area contributed by atoms with Crippen LogP contribution >= 0.6 is 12.4 Å². The van der Waals surface area contributed by atoms with Crippen molar-refractivity contribution in [2.45, 2.75) is 38.9 Å². The molecular formula is C16H19ClF3N5O. The van der Waals surface area contributed by atoms with Crippen molar-refractivity contribution in [1.82, 2.24) is 19.9 Å². The number of nitrogens with zero attached hydrogens (tertiary/aromatic N) is 4. The SMILES string of the molecule is Cc1nnn2c1CN(C(=O)C[C@H](N)Cc1cc(F)c(F)cc1F)CC2.Cl. The molecule has 1 aromatic carbocycles. The summed E-state index contributed by atoms with van der Waals surface area (Å²) in [5.41, 5.74) is 7.51. The van der Waals surface area contributed by atoms with Crippen LogP contribution in [0.3, 0.4) is 0 Å². The molecule has 0 aliphatic carbocycles. The summed E-state index contributed by atoms with van der Waals surface area (Å²) in [5, 5.41) is 7.96. The van der Waals surface area contributed by atoms with Crippen molar-refractivity contribution in [2.24, 2.45) is 5.73 Å². The molecule has 0 saturated carbocycles. The van der Waals surface area contributed by atoms with Gasteiger partial charge >= 0.3 is 0 Å². The Bertz CT molecular complexity index is 813. The van der Waals surface area contributed by atoms with E-state index in [1.54, 1.807) is 9.58 Å². The Morgan fingerprint density at radius 3 is 2.65 bits per heavy atom. The Kier molecular flexibility index (Phi) is 6.25. The van der Waals surface area contributed by atoms with E-state index in [4.69, 9.17) is 5.73 Å². The average molecular weight is 390 g/mol. The van der Waals surface area contributed by atoms with Gasteiger partial charge in [0.2, 0.25) is 5.91 Å². The standard InChI is InChI=1S/C16H18F3N5O.ClH/c1-9-15-8-23(2-3-24(15)22-21-9)16(25)6-11(20)4-10-5-13(18)14(19)7-12(10)17;/h5,7,11H,2-4,6,8,20H2,1H3;1H/t11-;/m1./s1. The highest BCUT2D eigenvalue weighted by molar-refractivity contribution is 5.85. The minimum absolute atomic E-state index is 0. The molecular weight excluding hydrogens is 371 g/mol. The number of hydrogen-bond acceptors (Lipinski definition) is 4. The number of benzene rings is 1. The van der Waals surface area contributed by atoms with Gasteiger partial charge in [-0.2, -0.15) is 0 Å². The smallest absolute Gasteiger partial charge is 0.224 e. The number of amides is 1. The maximum absolute atomic E-state index is 13.7. The molecule has 1 aliphatic rings. The zero-order chi connectivity index (χ0) is 18.1. The maximum Gasteiger partial charge on any atom is 0.224 e. The van der Waals surface area contributed by atoms with Crippen molar-refractivity contribution < 1.29 is 18.0 Å². The fourth-order valence-electron chi connectivity index (χ4n) is 2.91. The molecule has 0 spiro atoms. The number of fused-ring (bicyclic) bond motifs is 1. The molecule has 0 fully saturated rings. The van der Waals surface area contributed by atoms with Crippen LogP contribution in [0.4, 0.5) is 13.2 Å². The van der Waals surface area contributed by atoms with Crippen LogP contribution in [0.15, 0.2) is 12.1 Å². The van der Waals surface area contributed by atoms with Crippen LogP contribution in [0.2, 0.25) is 0 Å². The Morgan fingerprint density at radius 1 is 1.23 bits per heavy atom. The van der Waals surface area contributed by atoms with Gasteiger partial charge in [0.25, 0.3) is 0 Å². The highest BCUT2D eigenvalue weighted by Crippen LogP contribution is 2.18. The lowest BCUT2D eigenvalue weighted by Gasteiger charge is -2.28. The molecule has 0 unspecified atom stereocenters. The number of carbonyl (C=O) groups is 1. The van der Waals surface area contributed by atoms with E-state index in [1.807, 2.05) is 6.92 Å². The Morgan fingerprint density at radius 2 is 1.92 bits per heavy atom. The van der Waals surface area contributed by atoms with E-state index in [2.05, 4.69) is 10.3 Å². The van der Waals surface area contributed by atoms with Gasteiger partial charge in [-0.25, -0.2) is 17.9 Å². The summed E-state index contributed by atoms with van der Waals surface area (Å²) >= 11 is 0. The van der Waals surface area contributed by atoms with E-state index in [0.717, 1.165) is 17.5 Å². The lowest BCUT2D eigenvalue weighted by atomic mass is 10.0. The zero-order valence-corrected chi connectivity index (χ0v) is 14.9. The van der Waals surface area contributed by atoms with E-state index in [-0.39, 0.29) is 36.7 Å². The molecule has 2 heterocycles. The minimum atomic E-state index is -1.25. The second kappa shape index (κ2) is 8.05. The van der Waals surface area contributed by atoms with Crippen LogP contribution in [0.25, 0.3) is 0 Å². The Labute approximate surface area is 154 Å². The van der Waals surface area contributed by atoms with Gasteiger partial charge in [0.15, 0.2) is 11.6 Å². The monoisotopic (exact) mass is 389 g/mol. The zero-order valence-electron chi connectivity index (χ0n) is 14.1. The van der Waals surface area contributed by atoms with Crippen molar-refractivity contribution in [1.29, 1.82) is 0 Å². The van der Waals surface area contributed by atoms with Crippen LogP contribution in [-0.4, -0.2) is 38.4 Å². The summed E-state index contributed by atoms with van der Waals surface area (Å²) < 4.78 is 41.6. The topological polar surface area (TPSA) is 77.0 Å². The maximum atomic E-state index is 13.7. The molecule has 3 rings (SSSR count). The summed E-state index contributed by atoms with van der Waals surface area (Å²) in [6.07, 6.45) is -0.0693. The molecule has 0 saturated heterocycles. The molecule has 0 radical (unpaired) electrons. The molecule has 2 N–H and O–H groups in total. The number of rotatable bonds is 4. The predicted octanol–water partition coefficient (Wildman–Crippen LogP) is 1.73. The van der Waals surface area contributed by atoms with Crippen molar-refractivity contribution in [3.8, 4) is 0 Å². The summed E-state index contributed by atoms with van der Waals surface area (Å²) in [6, 6.07) is 0.572. The summed E-state index contributed by atoms with van der Waals surface area (Å²) in [4.78, 5) is 14.1. The third kappa shape index (κ3) is 4.16. The van der Waals surface area contributed by atoms with Crippen LogP contribution in [-0.2, 0) is 24.3 Å². The van der Waals surface area contributed by atoms with Crippen molar-refractivity contribution in [3.63, 3.8) is 0 Å². The van der Waals surface area contributed by atoms with Gasteiger partial charge in [-0.1, -0.05) is 5.21 Å². The van der Waals surface area contributed by atoms with E-state index >= 15 is 0 Å². The van der Waals surface area contributed by atoms with Crippen LogP contribution in [0, 0.1) is 24.4 Å². The lowest BCUT2D eigenvalue weighted by molar-refractivity contribution is -0.133. The van der Waals surface area contributed by atoms with Gasteiger partial charge in [-0.15, -0.1) is 17.5 Å². The molecule has 26 heavy (non-hydrogen) atoms. The summed E-state index contributed by atoms with van der Waals surface area (Å²) in [5.74, 6) is -3.44. The molecule has 1 atom stereocenters. The second-order valence-corrected chi connectivity index (χ2v) is 6.19. The molecule has 2 aromatic rings. The Hall–Kier alpha value is -2.13. The minimum Gasteiger partial charge on any atom is -0.335 e. The highest BCUT2D eigenvalue weighted by atomic mass is 35.5. The van der Waals surface area contributed by atoms with Crippen LogP contribution in [0.1, 0.15) is 23.4 Å². The number of nitrogens with two attached hydrogens (primary N) is 1. The van der Waals surface area contributed by atoms with Crippen molar-refractivity contribution in [2.75, 3.05) is 6.54 Å². The highest BCUT2D eigenvalue weighted by Gasteiger charge is 2.25. The first-order chi connectivity index (χ1) is 11.8. The lowest BCUT2D eigenvalue weighted by Crippen LogP contribution is -2.41. The van der Waals surface area contributed by atoms with Crippen LogP contribution in [0.5, 0.6) is 0 Å². The molecule has 1 aliphatic heterocycles. The normalized spacial score (nSPS) is 14.6. The largest absolute Gasteiger partial charge is 0.335 e. The second-order valence-electron chi connectivity index (χ2n) is 6.19. The van der Waals surface area contributed by atoms with Crippen molar-refractivity contribution >= 4 is 18.3 Å². The van der Waals surface area contributed by atoms with Gasteiger partial charge < -0.3 is 10.6 Å². The van der Waals surface area contributed by atoms with Gasteiger partial charge in [0.1, 0.15) is 5.82 Å². The number of carbonyl (C=O) groups excluding carboxylic acids is 1. The van der Waals surface area contributed by atoms with Gasteiger partial charge in [-0.3, -0.25) is 4.79 Å². The quantitative estimate of drug-likeness (QED) is 0.808. The Balaban J connectivity index is 0.00000243. The van der Waals surface area contributed by atoms with E-state index < -0.39 is 23.5 Å². The summed E-state index contributed by atoms with van der Waals surface area (Å²) in [6.45, 7) is 3.25. The fraction of sp³-hybridized carbons (Fsp3) is 0.438. The first-order valence-electron chi connectivity index (χ1n) is 7.91. The molecule has 1 aromatic heterocycles. The number of aromatic nitrogens is 3. The number of hydrogen-bond donors (Lipinski definition) is 1. The van der Waals surface area contributed by atoms with Gasteiger partial charge in [0, 0.05) is 25.1 Å². The first-order valence-corrected chi connectivity index (χ1v) is 7.91.